The second-order valence-corrected chi connectivity index (χ2v) is 8.41. The van der Waals surface area contributed by atoms with Crippen LogP contribution in [0.3, 0.4) is 0 Å². The minimum Gasteiger partial charge on any atom is -0.340 e. The van der Waals surface area contributed by atoms with Gasteiger partial charge in [0.25, 0.3) is 5.91 Å². The van der Waals surface area contributed by atoms with E-state index in [1.54, 1.807) is 18.2 Å². The molecule has 146 valence electrons. The summed E-state index contributed by atoms with van der Waals surface area (Å²) in [4.78, 5) is 26.1. The van der Waals surface area contributed by atoms with Crippen molar-refractivity contribution < 1.29 is 13.2 Å². The maximum Gasteiger partial charge on any atom is 0.270 e. The fourth-order valence-corrected chi connectivity index (χ4v) is 4.02. The Morgan fingerprint density at radius 2 is 1.96 bits per heavy atom. The van der Waals surface area contributed by atoms with Gasteiger partial charge in [0, 0.05) is 18.8 Å². The highest BCUT2D eigenvalue weighted by molar-refractivity contribution is 7.89. The van der Waals surface area contributed by atoms with Crippen LogP contribution in [0.25, 0.3) is 11.0 Å². The Kier molecular flexibility index (Phi) is 4.73. The van der Waals surface area contributed by atoms with E-state index in [0.717, 1.165) is 25.9 Å². The number of aromatic amines is 1. The highest BCUT2D eigenvalue weighted by Crippen LogP contribution is 2.26. The van der Waals surface area contributed by atoms with Gasteiger partial charge in [-0.2, -0.15) is 0 Å². The van der Waals surface area contributed by atoms with Gasteiger partial charge in [-0.1, -0.05) is 6.07 Å². The number of sulfonamides is 1. The summed E-state index contributed by atoms with van der Waals surface area (Å²) < 4.78 is 26.3. The van der Waals surface area contributed by atoms with Gasteiger partial charge in [-0.05, 0) is 44.2 Å². The Morgan fingerprint density at radius 3 is 2.71 bits per heavy atom. The Labute approximate surface area is 162 Å². The average molecular weight is 400 g/mol. The number of rotatable bonds is 5. The van der Waals surface area contributed by atoms with Crippen LogP contribution in [0.4, 0.5) is 11.5 Å². The molecule has 0 radical (unpaired) electrons. The van der Waals surface area contributed by atoms with Crippen LogP contribution in [0, 0.1) is 0 Å². The molecule has 2 aromatic heterocycles. The van der Waals surface area contributed by atoms with Crippen molar-refractivity contribution in [3.05, 3.63) is 42.4 Å². The van der Waals surface area contributed by atoms with Gasteiger partial charge in [0.15, 0.2) is 0 Å². The molecule has 10 heteroatoms. The number of nitrogens with zero attached hydrogens (tertiary/aromatic N) is 3. The lowest BCUT2D eigenvalue weighted by atomic mass is 10.3. The van der Waals surface area contributed by atoms with E-state index in [2.05, 4.69) is 25.0 Å². The van der Waals surface area contributed by atoms with Gasteiger partial charge < -0.3 is 15.2 Å². The Balaban J connectivity index is 1.66. The number of hydrogen-bond donors (Lipinski definition) is 3. The number of H-pyrrole nitrogens is 1. The van der Waals surface area contributed by atoms with Gasteiger partial charge in [-0.15, -0.1) is 0 Å². The molecule has 28 heavy (non-hydrogen) atoms. The number of amides is 1. The predicted molar refractivity (Wildman–Crippen MR) is 105 cm³/mol. The average Bonchev–Trinajstić information content (AvgIpc) is 3.38. The monoisotopic (exact) mass is 400 g/mol. The molecule has 0 spiro atoms. The zero-order valence-corrected chi connectivity index (χ0v) is 16.1. The fourth-order valence-electron chi connectivity index (χ4n) is 3.24. The number of nitrogens with one attached hydrogen (secondary N) is 3. The second kappa shape index (κ2) is 7.21. The molecule has 1 aliphatic rings. The molecule has 3 aromatic rings. The lowest BCUT2D eigenvalue weighted by Gasteiger charge is -2.13. The van der Waals surface area contributed by atoms with Gasteiger partial charge in [0.2, 0.25) is 10.0 Å². The molecule has 0 aliphatic carbocycles. The third-order valence-electron chi connectivity index (χ3n) is 4.73. The minimum atomic E-state index is -3.55. The summed E-state index contributed by atoms with van der Waals surface area (Å²) in [5.41, 5.74) is 1.57. The Hall–Kier alpha value is -2.98. The quantitative estimate of drug-likeness (QED) is 0.601. The molecule has 1 amide bonds. The first-order valence-corrected chi connectivity index (χ1v) is 10.4. The van der Waals surface area contributed by atoms with E-state index >= 15 is 0 Å². The molecule has 9 nitrogen and oxygen atoms in total. The number of fused-ring (bicyclic) bond motifs is 1. The molecule has 1 aromatic carbocycles. The first-order valence-electron chi connectivity index (χ1n) is 8.91. The van der Waals surface area contributed by atoms with Crippen LogP contribution in [0.15, 0.2) is 41.6 Å². The van der Waals surface area contributed by atoms with Gasteiger partial charge in [-0.25, -0.2) is 23.1 Å². The number of aromatic nitrogens is 3. The lowest BCUT2D eigenvalue weighted by Crippen LogP contribution is -2.27. The van der Waals surface area contributed by atoms with Crippen LogP contribution < -0.4 is 10.0 Å². The van der Waals surface area contributed by atoms with Gasteiger partial charge in [0.05, 0.1) is 10.3 Å². The molecule has 1 saturated heterocycles. The minimum absolute atomic E-state index is 0.0523. The zero-order valence-electron chi connectivity index (χ0n) is 15.3. The third-order valence-corrected chi connectivity index (χ3v) is 6.14. The number of hydrogen-bond acceptors (Lipinski definition) is 6. The molecule has 0 unspecified atom stereocenters. The van der Waals surface area contributed by atoms with Crippen molar-refractivity contribution in [3.8, 4) is 0 Å². The van der Waals surface area contributed by atoms with Gasteiger partial charge in [0.1, 0.15) is 23.5 Å². The Morgan fingerprint density at radius 1 is 1.18 bits per heavy atom. The summed E-state index contributed by atoms with van der Waals surface area (Å²) in [7, 11) is -2.19. The van der Waals surface area contributed by atoms with Crippen LogP contribution in [0.2, 0.25) is 0 Å². The van der Waals surface area contributed by atoms with E-state index in [4.69, 9.17) is 0 Å². The maximum atomic E-state index is 12.6. The van der Waals surface area contributed by atoms with Gasteiger partial charge in [-0.3, -0.25) is 4.79 Å². The first-order chi connectivity index (χ1) is 13.5. The highest BCUT2D eigenvalue weighted by Gasteiger charge is 2.22. The zero-order chi connectivity index (χ0) is 19.7. The van der Waals surface area contributed by atoms with Crippen molar-refractivity contribution in [1.29, 1.82) is 0 Å². The summed E-state index contributed by atoms with van der Waals surface area (Å²) in [5, 5.41) is 3.78. The van der Waals surface area contributed by atoms with Gasteiger partial charge >= 0.3 is 0 Å². The molecule has 4 rings (SSSR count). The molecule has 3 heterocycles. The SMILES string of the molecule is CNS(=O)(=O)c1cccc(Nc2ncnc3[nH]c(C(=O)N4CCCC4)cc23)c1. The maximum absolute atomic E-state index is 12.6. The molecule has 1 aliphatic heterocycles. The summed E-state index contributed by atoms with van der Waals surface area (Å²) in [5.74, 6) is 0.435. The van der Waals surface area contributed by atoms with E-state index in [0.29, 0.717) is 28.2 Å². The number of carbonyl (C=O) groups excluding carboxylic acids is 1. The normalized spacial score (nSPS) is 14.5. The van der Waals surface area contributed by atoms with Crippen molar-refractivity contribution in [3.63, 3.8) is 0 Å². The summed E-state index contributed by atoms with van der Waals surface area (Å²) in [6.07, 6.45) is 3.42. The van der Waals surface area contributed by atoms with E-state index in [9.17, 15) is 13.2 Å². The number of benzene rings is 1. The van der Waals surface area contributed by atoms with Crippen molar-refractivity contribution in [2.24, 2.45) is 0 Å². The van der Waals surface area contributed by atoms with Crippen LogP contribution in [-0.4, -0.2) is 54.3 Å². The van der Waals surface area contributed by atoms with E-state index < -0.39 is 10.0 Å². The number of anilines is 2. The predicted octanol–water partition coefficient (Wildman–Crippen LogP) is 1.85. The molecular weight excluding hydrogens is 380 g/mol. The second-order valence-electron chi connectivity index (χ2n) is 6.53. The topological polar surface area (TPSA) is 120 Å². The highest BCUT2D eigenvalue weighted by atomic mass is 32.2. The van der Waals surface area contributed by atoms with Crippen molar-refractivity contribution in [1.82, 2.24) is 24.6 Å². The summed E-state index contributed by atoms with van der Waals surface area (Å²) in [6.45, 7) is 1.52. The van der Waals surface area contributed by atoms with E-state index in [-0.39, 0.29) is 10.8 Å². The molecule has 0 bridgehead atoms. The standard InChI is InChI=1S/C18H20N6O3S/c1-19-28(26,27)13-6-4-5-12(9-13)22-16-14-10-15(23-17(14)21-11-20-16)18(25)24-7-2-3-8-24/h4-6,9-11,19H,2-3,7-8H2,1H3,(H2,20,21,22,23). The van der Waals surface area contributed by atoms with Crippen LogP contribution in [-0.2, 0) is 10.0 Å². The van der Waals surface area contributed by atoms with E-state index in [1.165, 1.54) is 25.5 Å². The smallest absolute Gasteiger partial charge is 0.270 e. The van der Waals surface area contributed by atoms with Crippen molar-refractivity contribution >= 4 is 38.5 Å². The Bertz CT molecular complexity index is 1140. The molecule has 1 fully saturated rings. The molecule has 0 saturated carbocycles. The molecule has 3 N–H and O–H groups in total. The largest absolute Gasteiger partial charge is 0.340 e. The fraction of sp³-hybridized carbons (Fsp3) is 0.278. The number of likely N-dealkylation sites (tertiary alicyclic amines) is 1. The van der Waals surface area contributed by atoms with Crippen molar-refractivity contribution in [2.45, 2.75) is 17.7 Å². The summed E-state index contributed by atoms with van der Waals surface area (Å²) >= 11 is 0. The lowest BCUT2D eigenvalue weighted by molar-refractivity contribution is 0.0788. The summed E-state index contributed by atoms with van der Waals surface area (Å²) in [6, 6.07) is 8.14. The van der Waals surface area contributed by atoms with E-state index in [1.807, 2.05) is 4.90 Å². The van der Waals surface area contributed by atoms with Crippen LogP contribution in [0.5, 0.6) is 0 Å². The molecular formula is C18H20N6O3S. The number of carbonyl (C=O) groups is 1. The molecule has 0 atom stereocenters. The first kappa shape index (κ1) is 18.4. The third kappa shape index (κ3) is 3.43. The van der Waals surface area contributed by atoms with Crippen molar-refractivity contribution in [2.75, 3.05) is 25.5 Å². The van der Waals surface area contributed by atoms with Crippen LogP contribution in [0.1, 0.15) is 23.3 Å². The van der Waals surface area contributed by atoms with Crippen LogP contribution >= 0.6 is 0 Å².